The minimum Gasteiger partial charge on any atom is -0.478 e. The third kappa shape index (κ3) is 5.50. The van der Waals surface area contributed by atoms with Crippen molar-refractivity contribution in [3.63, 3.8) is 0 Å². The number of aromatic carboxylic acids is 1. The van der Waals surface area contributed by atoms with E-state index in [9.17, 15) is 14.4 Å². The molecule has 0 aliphatic rings. The van der Waals surface area contributed by atoms with Crippen LogP contribution in [-0.4, -0.2) is 34.4 Å². The highest BCUT2D eigenvalue weighted by Gasteiger charge is 2.10. The third-order valence-corrected chi connectivity index (χ3v) is 3.52. The van der Waals surface area contributed by atoms with Crippen molar-refractivity contribution in [2.24, 2.45) is 5.73 Å². The van der Waals surface area contributed by atoms with Gasteiger partial charge in [0.2, 0.25) is 11.8 Å². The highest BCUT2D eigenvalue weighted by atomic mass is 35.5. The van der Waals surface area contributed by atoms with Gasteiger partial charge in [-0.25, -0.2) is 4.79 Å². The van der Waals surface area contributed by atoms with Crippen LogP contribution < -0.4 is 11.1 Å². The van der Waals surface area contributed by atoms with E-state index < -0.39 is 11.9 Å². The van der Waals surface area contributed by atoms with Crippen LogP contribution in [0.15, 0.2) is 18.2 Å². The van der Waals surface area contributed by atoms with Crippen LogP contribution in [0.3, 0.4) is 0 Å². The summed E-state index contributed by atoms with van der Waals surface area (Å²) in [5, 5.41) is 11.6. The van der Waals surface area contributed by atoms with Gasteiger partial charge >= 0.3 is 5.97 Å². The van der Waals surface area contributed by atoms with Crippen molar-refractivity contribution in [3.05, 3.63) is 28.8 Å². The van der Waals surface area contributed by atoms with Crippen molar-refractivity contribution in [1.29, 1.82) is 0 Å². The molecule has 0 spiro atoms. The lowest BCUT2D eigenvalue weighted by atomic mass is 10.2. The van der Waals surface area contributed by atoms with Crippen molar-refractivity contribution in [2.75, 3.05) is 16.8 Å². The molecule has 6 nitrogen and oxygen atoms in total. The number of benzene rings is 1. The lowest BCUT2D eigenvalue weighted by Gasteiger charge is -2.08. The zero-order chi connectivity index (χ0) is 15.1. The molecule has 4 N–H and O–H groups in total. The Bertz CT molecular complexity index is 536. The molecule has 0 heterocycles. The number of nitrogens with two attached hydrogens (primary N) is 1. The van der Waals surface area contributed by atoms with Gasteiger partial charge < -0.3 is 16.2 Å². The molecule has 0 saturated carbocycles. The van der Waals surface area contributed by atoms with Gasteiger partial charge in [0.1, 0.15) is 0 Å². The molecule has 1 aromatic rings. The fraction of sp³-hybridized carbons (Fsp3) is 0.250. The number of carbonyl (C=O) groups is 3. The lowest BCUT2D eigenvalue weighted by Crippen LogP contribution is -2.16. The summed E-state index contributed by atoms with van der Waals surface area (Å²) >= 11 is 7.12. The molecule has 0 aromatic heterocycles. The van der Waals surface area contributed by atoms with Gasteiger partial charge in [-0.3, -0.25) is 9.59 Å². The number of hydrogen-bond donors (Lipinski definition) is 3. The molecule has 0 saturated heterocycles. The number of thioether (sulfide) groups is 1. The second-order valence-corrected chi connectivity index (χ2v) is 5.33. The number of rotatable bonds is 7. The molecule has 0 aliphatic carbocycles. The fourth-order valence-corrected chi connectivity index (χ4v) is 2.14. The predicted octanol–water partition coefficient (Wildman–Crippen LogP) is 1.59. The van der Waals surface area contributed by atoms with Gasteiger partial charge in [-0.2, -0.15) is 11.8 Å². The minimum atomic E-state index is -1.10. The maximum Gasteiger partial charge on any atom is 0.335 e. The van der Waals surface area contributed by atoms with E-state index in [2.05, 4.69) is 5.32 Å². The van der Waals surface area contributed by atoms with E-state index in [4.69, 9.17) is 22.4 Å². The summed E-state index contributed by atoms with van der Waals surface area (Å²) in [6, 6.07) is 4.05. The van der Waals surface area contributed by atoms with Gasteiger partial charge in [0.25, 0.3) is 0 Å². The molecule has 0 aliphatic heterocycles. The van der Waals surface area contributed by atoms with Gasteiger partial charge in [0.15, 0.2) is 0 Å². The van der Waals surface area contributed by atoms with Crippen LogP contribution in [0.1, 0.15) is 16.8 Å². The van der Waals surface area contributed by atoms with Crippen LogP contribution in [0.2, 0.25) is 5.02 Å². The molecule has 0 bridgehead atoms. The van der Waals surface area contributed by atoms with Crippen molar-refractivity contribution in [2.45, 2.75) is 6.42 Å². The van der Waals surface area contributed by atoms with Crippen molar-refractivity contribution in [1.82, 2.24) is 0 Å². The Morgan fingerprint density at radius 2 is 2.05 bits per heavy atom. The summed E-state index contributed by atoms with van der Waals surface area (Å²) in [5.41, 5.74) is 5.25. The standard InChI is InChI=1S/C12H13ClN2O4S/c13-8-2-1-7(12(18)19)5-9(8)15-11(17)3-4-20-6-10(14)16/h1-2,5H,3-4,6H2,(H2,14,16)(H,15,17)(H,18,19). The number of nitrogens with one attached hydrogen (secondary N) is 1. The number of amides is 2. The largest absolute Gasteiger partial charge is 0.478 e. The molecule has 1 aromatic carbocycles. The average molecular weight is 317 g/mol. The topological polar surface area (TPSA) is 109 Å². The smallest absolute Gasteiger partial charge is 0.335 e. The third-order valence-electron chi connectivity index (χ3n) is 2.21. The Hall–Kier alpha value is -1.73. The van der Waals surface area contributed by atoms with Crippen molar-refractivity contribution < 1.29 is 19.5 Å². The molecule has 20 heavy (non-hydrogen) atoms. The van der Waals surface area contributed by atoms with Gasteiger partial charge in [-0.1, -0.05) is 11.6 Å². The minimum absolute atomic E-state index is 0.0350. The van der Waals surface area contributed by atoms with E-state index in [1.165, 1.54) is 30.0 Å². The summed E-state index contributed by atoms with van der Waals surface area (Å²) in [4.78, 5) is 33.0. The van der Waals surface area contributed by atoms with Crippen LogP contribution in [0.5, 0.6) is 0 Å². The number of carboxylic acids is 1. The molecule has 0 atom stereocenters. The highest BCUT2D eigenvalue weighted by Crippen LogP contribution is 2.23. The second-order valence-electron chi connectivity index (χ2n) is 3.82. The summed E-state index contributed by atoms with van der Waals surface area (Å²) in [6.07, 6.45) is 0.172. The highest BCUT2D eigenvalue weighted by molar-refractivity contribution is 7.99. The zero-order valence-corrected chi connectivity index (χ0v) is 12.0. The van der Waals surface area contributed by atoms with E-state index >= 15 is 0 Å². The molecular formula is C12H13ClN2O4S. The normalized spacial score (nSPS) is 10.1. The number of carbonyl (C=O) groups excluding carboxylic acids is 2. The Labute approximate surface area is 124 Å². The van der Waals surface area contributed by atoms with Gasteiger partial charge in [0.05, 0.1) is 22.0 Å². The number of halogens is 1. The van der Waals surface area contributed by atoms with Gasteiger partial charge in [0, 0.05) is 12.2 Å². The van der Waals surface area contributed by atoms with Crippen LogP contribution in [0.25, 0.3) is 0 Å². The molecule has 8 heteroatoms. The number of primary amides is 1. The van der Waals surface area contributed by atoms with E-state index in [0.29, 0.717) is 5.75 Å². The quantitative estimate of drug-likeness (QED) is 0.662. The van der Waals surface area contributed by atoms with E-state index in [1.807, 2.05) is 0 Å². The van der Waals surface area contributed by atoms with Crippen LogP contribution in [0.4, 0.5) is 5.69 Å². The monoisotopic (exact) mass is 316 g/mol. The van der Waals surface area contributed by atoms with Crippen molar-refractivity contribution in [3.8, 4) is 0 Å². The Morgan fingerprint density at radius 3 is 2.65 bits per heavy atom. The van der Waals surface area contributed by atoms with Crippen LogP contribution in [-0.2, 0) is 9.59 Å². The maximum atomic E-state index is 11.6. The summed E-state index contributed by atoms with van der Waals surface area (Å²) in [7, 11) is 0. The predicted molar refractivity (Wildman–Crippen MR) is 78.2 cm³/mol. The molecule has 108 valence electrons. The summed E-state index contributed by atoms with van der Waals surface area (Å²) in [6.45, 7) is 0. The maximum absolute atomic E-state index is 11.6. The van der Waals surface area contributed by atoms with E-state index in [1.54, 1.807) is 0 Å². The second kappa shape index (κ2) is 7.76. The first-order valence-electron chi connectivity index (χ1n) is 5.59. The molecule has 0 radical (unpaired) electrons. The molecule has 0 fully saturated rings. The first kappa shape index (κ1) is 16.3. The van der Waals surface area contributed by atoms with Crippen molar-refractivity contribution >= 4 is 46.8 Å². The molecule has 0 unspecified atom stereocenters. The first-order valence-corrected chi connectivity index (χ1v) is 7.12. The number of anilines is 1. The zero-order valence-electron chi connectivity index (χ0n) is 10.4. The molecule has 1 rings (SSSR count). The van der Waals surface area contributed by atoms with E-state index in [0.717, 1.165) is 0 Å². The number of hydrogen-bond acceptors (Lipinski definition) is 4. The Balaban J connectivity index is 2.55. The molecular weight excluding hydrogens is 304 g/mol. The Kier molecular flexibility index (Phi) is 6.33. The van der Waals surface area contributed by atoms with Crippen LogP contribution in [0, 0.1) is 0 Å². The first-order chi connectivity index (χ1) is 9.40. The number of carboxylic acid groups (broad SMARTS) is 1. The molecule has 2 amide bonds. The van der Waals surface area contributed by atoms with Gasteiger partial charge in [-0.15, -0.1) is 0 Å². The fourth-order valence-electron chi connectivity index (χ4n) is 1.30. The Morgan fingerprint density at radius 1 is 1.35 bits per heavy atom. The SMILES string of the molecule is NC(=O)CSCCC(=O)Nc1cc(C(=O)O)ccc1Cl. The average Bonchev–Trinajstić information content (AvgIpc) is 2.37. The summed E-state index contributed by atoms with van der Waals surface area (Å²) < 4.78 is 0. The van der Waals surface area contributed by atoms with Gasteiger partial charge in [-0.05, 0) is 18.2 Å². The summed E-state index contributed by atoms with van der Waals surface area (Å²) in [5.74, 6) is -1.26. The van der Waals surface area contributed by atoms with Crippen LogP contribution >= 0.6 is 23.4 Å². The van der Waals surface area contributed by atoms with E-state index in [-0.39, 0.29) is 34.4 Å². The lowest BCUT2D eigenvalue weighted by molar-refractivity contribution is -0.116.